The lowest BCUT2D eigenvalue weighted by molar-refractivity contribution is 0.0344. The molecule has 0 radical (unpaired) electrons. The van der Waals surface area contributed by atoms with Gasteiger partial charge >= 0.3 is 5.97 Å². The number of carbonyl (C=O) groups is 1. The molecule has 0 amide bonds. The molecule has 1 aromatic carbocycles. The quantitative estimate of drug-likeness (QED) is 0.510. The van der Waals surface area contributed by atoms with Crippen LogP contribution in [0.5, 0.6) is 0 Å². The zero-order chi connectivity index (χ0) is 20.5. The topological polar surface area (TPSA) is 92.8 Å². The minimum absolute atomic E-state index is 0.0759. The van der Waals surface area contributed by atoms with E-state index in [-0.39, 0.29) is 12.1 Å². The molecule has 2 N–H and O–H groups in total. The lowest BCUT2D eigenvalue weighted by Gasteiger charge is -2.11. The van der Waals surface area contributed by atoms with Gasteiger partial charge in [0.25, 0.3) is 0 Å². The molecule has 30 heavy (non-hydrogen) atoms. The van der Waals surface area contributed by atoms with Crippen molar-refractivity contribution < 1.29 is 9.53 Å². The van der Waals surface area contributed by atoms with Gasteiger partial charge in [-0.15, -0.1) is 0 Å². The average molecular weight is 399 g/mol. The SMILES string of the molecule is Cc1cccc(-c2[nH]cnc2-c2ccc3ncc(C(=O)O[C@@H]4CCNC4)cc3c2)n1. The molecule has 0 spiro atoms. The predicted octanol–water partition coefficient (Wildman–Crippen LogP) is 3.51. The number of imidazole rings is 1. The maximum absolute atomic E-state index is 12.5. The molecule has 7 heteroatoms. The third-order valence-electron chi connectivity index (χ3n) is 5.26. The highest BCUT2D eigenvalue weighted by atomic mass is 16.5. The van der Waals surface area contributed by atoms with Crippen LogP contribution >= 0.6 is 0 Å². The van der Waals surface area contributed by atoms with Crippen LogP contribution in [0.2, 0.25) is 0 Å². The number of hydrogen-bond acceptors (Lipinski definition) is 6. The van der Waals surface area contributed by atoms with Gasteiger partial charge in [0.1, 0.15) is 6.10 Å². The summed E-state index contributed by atoms with van der Waals surface area (Å²) in [6, 6.07) is 13.6. The van der Waals surface area contributed by atoms with E-state index in [0.717, 1.165) is 52.2 Å². The molecule has 1 aliphatic heterocycles. The molecule has 1 aliphatic rings. The molecular weight excluding hydrogens is 378 g/mol. The summed E-state index contributed by atoms with van der Waals surface area (Å²) in [5, 5.41) is 4.06. The summed E-state index contributed by atoms with van der Waals surface area (Å²) in [5.41, 5.74) is 5.63. The highest BCUT2D eigenvalue weighted by Gasteiger charge is 2.20. The molecule has 0 aliphatic carbocycles. The second-order valence-corrected chi connectivity index (χ2v) is 7.44. The zero-order valence-electron chi connectivity index (χ0n) is 16.6. The van der Waals surface area contributed by atoms with E-state index in [2.05, 4.69) is 25.3 Å². The number of benzene rings is 1. The Hall–Kier alpha value is -3.58. The Labute approximate surface area is 173 Å². The second kappa shape index (κ2) is 7.68. The number of H-pyrrole nitrogens is 1. The molecule has 0 saturated carbocycles. The minimum atomic E-state index is -0.340. The fraction of sp³-hybridized carbons (Fsp3) is 0.217. The van der Waals surface area contributed by atoms with E-state index < -0.39 is 0 Å². The van der Waals surface area contributed by atoms with E-state index in [1.54, 1.807) is 12.5 Å². The second-order valence-electron chi connectivity index (χ2n) is 7.44. The maximum atomic E-state index is 12.5. The molecule has 3 aromatic heterocycles. The van der Waals surface area contributed by atoms with Crippen molar-refractivity contribution in [1.82, 2.24) is 25.3 Å². The minimum Gasteiger partial charge on any atom is -0.457 e. The predicted molar refractivity (Wildman–Crippen MR) is 114 cm³/mol. The maximum Gasteiger partial charge on any atom is 0.340 e. The first-order valence-corrected chi connectivity index (χ1v) is 9.97. The molecule has 1 fully saturated rings. The first-order valence-electron chi connectivity index (χ1n) is 9.97. The Balaban J connectivity index is 1.49. The number of hydrogen-bond donors (Lipinski definition) is 2. The van der Waals surface area contributed by atoms with Crippen LogP contribution in [0, 0.1) is 6.92 Å². The summed E-state index contributed by atoms with van der Waals surface area (Å²) in [7, 11) is 0. The molecule has 7 nitrogen and oxygen atoms in total. The standard InChI is InChI=1S/C23H21N5O2/c1-14-3-2-4-20(28-14)22-21(26-13-27-22)15-5-6-19-16(9-15)10-17(11-25-19)23(29)30-18-7-8-24-12-18/h2-6,9-11,13,18,24H,7-8,12H2,1H3,(H,26,27)/t18-/m1/s1. The van der Waals surface area contributed by atoms with Crippen molar-refractivity contribution in [2.45, 2.75) is 19.4 Å². The van der Waals surface area contributed by atoms with Gasteiger partial charge in [0, 0.05) is 29.4 Å². The fourth-order valence-corrected chi connectivity index (χ4v) is 3.73. The molecule has 0 unspecified atom stereocenters. The third kappa shape index (κ3) is 3.55. The van der Waals surface area contributed by atoms with Gasteiger partial charge in [-0.3, -0.25) is 9.97 Å². The summed E-state index contributed by atoms with van der Waals surface area (Å²) >= 11 is 0. The first-order chi connectivity index (χ1) is 14.7. The number of aryl methyl sites for hydroxylation is 1. The lowest BCUT2D eigenvalue weighted by atomic mass is 10.0. The van der Waals surface area contributed by atoms with Gasteiger partial charge in [-0.25, -0.2) is 9.78 Å². The number of aromatic amines is 1. The van der Waals surface area contributed by atoms with E-state index in [4.69, 9.17) is 4.74 Å². The molecule has 1 saturated heterocycles. The monoisotopic (exact) mass is 399 g/mol. The number of pyridine rings is 2. The Morgan fingerprint density at radius 3 is 2.93 bits per heavy atom. The summed E-state index contributed by atoms with van der Waals surface area (Å²) in [6.45, 7) is 3.54. The first kappa shape index (κ1) is 18.4. The average Bonchev–Trinajstić information content (AvgIpc) is 3.45. The molecule has 4 heterocycles. The van der Waals surface area contributed by atoms with E-state index >= 15 is 0 Å². The van der Waals surface area contributed by atoms with Crippen LogP contribution in [-0.4, -0.2) is 45.1 Å². The Morgan fingerprint density at radius 1 is 1.17 bits per heavy atom. The normalized spacial score (nSPS) is 16.1. The number of rotatable bonds is 4. The number of aromatic nitrogens is 4. The van der Waals surface area contributed by atoms with Crippen LogP contribution in [-0.2, 0) is 4.74 Å². The van der Waals surface area contributed by atoms with Crippen molar-refractivity contribution >= 4 is 16.9 Å². The van der Waals surface area contributed by atoms with Crippen molar-refractivity contribution in [2.75, 3.05) is 13.1 Å². The van der Waals surface area contributed by atoms with Gasteiger partial charge in [0.2, 0.25) is 0 Å². The Bertz CT molecular complexity index is 1230. The summed E-state index contributed by atoms with van der Waals surface area (Å²) in [4.78, 5) is 29.3. The lowest BCUT2D eigenvalue weighted by Crippen LogP contribution is -2.20. The highest BCUT2D eigenvalue weighted by molar-refractivity contribution is 5.95. The van der Waals surface area contributed by atoms with Crippen LogP contribution in [0.25, 0.3) is 33.5 Å². The molecule has 1 atom stereocenters. The van der Waals surface area contributed by atoms with E-state index in [1.807, 2.05) is 49.4 Å². The van der Waals surface area contributed by atoms with Gasteiger partial charge < -0.3 is 15.0 Å². The third-order valence-corrected chi connectivity index (χ3v) is 5.26. The summed E-state index contributed by atoms with van der Waals surface area (Å²) < 4.78 is 5.57. The zero-order valence-corrected chi connectivity index (χ0v) is 16.6. The van der Waals surface area contributed by atoms with E-state index in [9.17, 15) is 4.79 Å². The van der Waals surface area contributed by atoms with Crippen LogP contribution in [0.4, 0.5) is 0 Å². The van der Waals surface area contributed by atoms with Crippen molar-refractivity contribution in [2.24, 2.45) is 0 Å². The van der Waals surface area contributed by atoms with Crippen molar-refractivity contribution in [1.29, 1.82) is 0 Å². The van der Waals surface area contributed by atoms with Gasteiger partial charge in [-0.05, 0) is 50.2 Å². The van der Waals surface area contributed by atoms with E-state index in [0.29, 0.717) is 12.1 Å². The molecule has 5 rings (SSSR count). The molecule has 0 bridgehead atoms. The fourth-order valence-electron chi connectivity index (χ4n) is 3.73. The number of nitrogens with zero attached hydrogens (tertiary/aromatic N) is 3. The Kier molecular flexibility index (Phi) is 4.72. The van der Waals surface area contributed by atoms with Crippen molar-refractivity contribution in [3.63, 3.8) is 0 Å². The van der Waals surface area contributed by atoms with Gasteiger partial charge in [0.15, 0.2) is 0 Å². The van der Waals surface area contributed by atoms with Gasteiger partial charge in [-0.1, -0.05) is 12.1 Å². The highest BCUT2D eigenvalue weighted by Crippen LogP contribution is 2.30. The number of carbonyl (C=O) groups excluding carboxylic acids is 1. The van der Waals surface area contributed by atoms with E-state index in [1.165, 1.54) is 0 Å². The molecular formula is C23H21N5O2. The summed E-state index contributed by atoms with van der Waals surface area (Å²) in [6.07, 6.45) is 4.00. The van der Waals surface area contributed by atoms with Crippen LogP contribution < -0.4 is 5.32 Å². The van der Waals surface area contributed by atoms with Gasteiger partial charge in [-0.2, -0.15) is 0 Å². The Morgan fingerprint density at radius 2 is 2.10 bits per heavy atom. The number of fused-ring (bicyclic) bond motifs is 1. The summed E-state index contributed by atoms with van der Waals surface area (Å²) in [5.74, 6) is -0.340. The number of ether oxygens (including phenoxy) is 1. The van der Waals surface area contributed by atoms with Crippen molar-refractivity contribution in [3.8, 4) is 22.6 Å². The largest absolute Gasteiger partial charge is 0.457 e. The van der Waals surface area contributed by atoms with Crippen molar-refractivity contribution in [3.05, 3.63) is 66.2 Å². The molecule has 150 valence electrons. The van der Waals surface area contributed by atoms with Crippen LogP contribution in [0.1, 0.15) is 22.5 Å². The van der Waals surface area contributed by atoms with Crippen LogP contribution in [0.15, 0.2) is 55.0 Å². The number of esters is 1. The van der Waals surface area contributed by atoms with Crippen LogP contribution in [0.3, 0.4) is 0 Å². The smallest absolute Gasteiger partial charge is 0.340 e. The van der Waals surface area contributed by atoms with Gasteiger partial charge in [0.05, 0.1) is 34.5 Å². The number of nitrogens with one attached hydrogen (secondary N) is 2. The molecule has 4 aromatic rings.